The molecule has 0 aliphatic carbocycles. The minimum Gasteiger partial charge on any atom is -0.370 e. The van der Waals surface area contributed by atoms with Crippen LogP contribution in [0.25, 0.3) is 11.2 Å². The van der Waals surface area contributed by atoms with Gasteiger partial charge in [-0.1, -0.05) is 18.7 Å². The highest BCUT2D eigenvalue weighted by Gasteiger charge is 2.20. The van der Waals surface area contributed by atoms with Crippen molar-refractivity contribution in [2.75, 3.05) is 38.6 Å². The van der Waals surface area contributed by atoms with Crippen LogP contribution in [0, 0.1) is 0 Å². The summed E-state index contributed by atoms with van der Waals surface area (Å²) < 4.78 is 9.97. The van der Waals surface area contributed by atoms with E-state index >= 15 is 0 Å². The molecule has 138 valence electrons. The molecule has 0 unspecified atom stereocenters. The number of aryl methyl sites for hydroxylation is 2. The molecular weight excluding hydrogens is 342 g/mol. The molecule has 0 radical (unpaired) electrons. The third-order valence-electron chi connectivity index (χ3n) is 4.65. The van der Waals surface area contributed by atoms with Gasteiger partial charge in [0.1, 0.15) is 13.1 Å². The van der Waals surface area contributed by atoms with Crippen molar-refractivity contribution in [2.24, 2.45) is 14.1 Å². The smallest absolute Gasteiger partial charge is 0.332 e. The van der Waals surface area contributed by atoms with Crippen LogP contribution in [0.4, 0.5) is 0 Å². The van der Waals surface area contributed by atoms with E-state index in [9.17, 15) is 9.59 Å². The third kappa shape index (κ3) is 3.54. The van der Waals surface area contributed by atoms with Gasteiger partial charge in [-0.3, -0.25) is 13.9 Å². The van der Waals surface area contributed by atoms with Gasteiger partial charge < -0.3 is 14.2 Å². The Morgan fingerprint density at radius 2 is 1.92 bits per heavy atom. The molecule has 0 saturated carbocycles. The fourth-order valence-electron chi connectivity index (χ4n) is 3.16. The van der Waals surface area contributed by atoms with Crippen molar-refractivity contribution in [2.45, 2.75) is 25.0 Å². The molecule has 0 amide bonds. The van der Waals surface area contributed by atoms with Crippen LogP contribution in [0.3, 0.4) is 0 Å². The number of hydrogen-bond donors (Lipinski definition) is 1. The summed E-state index contributed by atoms with van der Waals surface area (Å²) in [5, 5.41) is 0.822. The van der Waals surface area contributed by atoms with Crippen LogP contribution < -0.4 is 16.1 Å². The molecule has 1 N–H and O–H groups in total. The molecule has 3 rings (SSSR count). The molecule has 1 aliphatic heterocycles. The van der Waals surface area contributed by atoms with Crippen molar-refractivity contribution >= 4 is 22.9 Å². The third-order valence-corrected chi connectivity index (χ3v) is 5.62. The van der Waals surface area contributed by atoms with E-state index in [0.717, 1.165) is 61.3 Å². The Morgan fingerprint density at radius 1 is 1.20 bits per heavy atom. The molecule has 9 heteroatoms. The van der Waals surface area contributed by atoms with Crippen molar-refractivity contribution in [1.82, 2.24) is 18.7 Å². The largest absolute Gasteiger partial charge is 0.370 e. The zero-order chi connectivity index (χ0) is 18.0. The first-order valence-electron chi connectivity index (χ1n) is 8.75. The maximum absolute atomic E-state index is 12.6. The number of morpholine rings is 1. The molecule has 0 spiro atoms. The predicted octanol–water partition coefficient (Wildman–Crippen LogP) is -1.15. The van der Waals surface area contributed by atoms with E-state index in [0.29, 0.717) is 11.2 Å². The average Bonchev–Trinajstić information content (AvgIpc) is 2.98. The summed E-state index contributed by atoms with van der Waals surface area (Å²) in [5.41, 5.74) is 0.383. The predicted molar refractivity (Wildman–Crippen MR) is 97.6 cm³/mol. The molecule has 3 heterocycles. The molecule has 1 aliphatic rings. The highest BCUT2D eigenvalue weighted by molar-refractivity contribution is 7.99. The summed E-state index contributed by atoms with van der Waals surface area (Å²) in [6.07, 6.45) is 0.903. The standard InChI is InChI=1S/C16H25N5O3S/c1-4-5-21-12-13(18(2)16(23)19(3)14(12)22)17-15(21)25-11-8-20-6-9-24-10-7-20/h4-11H2,1-3H3/p+1. The van der Waals surface area contributed by atoms with Crippen LogP contribution in [-0.2, 0) is 25.4 Å². The van der Waals surface area contributed by atoms with Gasteiger partial charge in [-0.05, 0) is 6.42 Å². The lowest BCUT2D eigenvalue weighted by Gasteiger charge is -2.23. The fourth-order valence-corrected chi connectivity index (χ4v) is 4.23. The second-order valence-corrected chi connectivity index (χ2v) is 7.45. The van der Waals surface area contributed by atoms with E-state index in [2.05, 4.69) is 11.9 Å². The van der Waals surface area contributed by atoms with E-state index in [1.165, 1.54) is 11.6 Å². The van der Waals surface area contributed by atoms with Crippen molar-refractivity contribution in [3.8, 4) is 0 Å². The second-order valence-electron chi connectivity index (χ2n) is 6.38. The van der Waals surface area contributed by atoms with E-state index < -0.39 is 0 Å². The van der Waals surface area contributed by atoms with E-state index in [1.54, 1.807) is 23.7 Å². The zero-order valence-electron chi connectivity index (χ0n) is 15.1. The van der Waals surface area contributed by atoms with Gasteiger partial charge in [-0.2, -0.15) is 0 Å². The molecule has 1 saturated heterocycles. The van der Waals surface area contributed by atoms with Crippen molar-refractivity contribution in [3.05, 3.63) is 20.8 Å². The topological polar surface area (TPSA) is 75.5 Å². The number of aromatic nitrogens is 4. The second kappa shape index (κ2) is 7.76. The number of rotatable bonds is 6. The molecule has 8 nitrogen and oxygen atoms in total. The lowest BCUT2D eigenvalue weighted by molar-refractivity contribution is -0.905. The molecule has 2 aromatic rings. The van der Waals surface area contributed by atoms with Gasteiger partial charge >= 0.3 is 5.69 Å². The van der Waals surface area contributed by atoms with Gasteiger partial charge in [0.2, 0.25) is 0 Å². The van der Waals surface area contributed by atoms with Crippen molar-refractivity contribution in [1.29, 1.82) is 0 Å². The Bertz CT molecular complexity index is 863. The van der Waals surface area contributed by atoms with Crippen LogP contribution in [0.2, 0.25) is 0 Å². The number of imidazole rings is 1. The summed E-state index contributed by atoms with van der Waals surface area (Å²) >= 11 is 1.66. The number of quaternary nitrogens is 1. The Balaban J connectivity index is 1.90. The van der Waals surface area contributed by atoms with Gasteiger partial charge in [0, 0.05) is 20.6 Å². The number of hydrogen-bond acceptors (Lipinski definition) is 5. The van der Waals surface area contributed by atoms with E-state index in [4.69, 9.17) is 4.74 Å². The molecule has 2 aromatic heterocycles. The lowest BCUT2D eigenvalue weighted by Crippen LogP contribution is -3.14. The first kappa shape index (κ1) is 18.2. The maximum atomic E-state index is 12.6. The van der Waals surface area contributed by atoms with Crippen LogP contribution >= 0.6 is 11.8 Å². The number of ether oxygens (including phenoxy) is 1. The monoisotopic (exact) mass is 368 g/mol. The van der Waals surface area contributed by atoms with Gasteiger partial charge in [0.25, 0.3) is 5.56 Å². The Kier molecular flexibility index (Phi) is 5.65. The van der Waals surface area contributed by atoms with E-state index in [-0.39, 0.29) is 11.2 Å². The molecule has 1 fully saturated rings. The molecule has 0 bridgehead atoms. The van der Waals surface area contributed by atoms with E-state index in [1.807, 2.05) is 4.57 Å². The quantitative estimate of drug-likeness (QED) is 0.652. The first-order valence-corrected chi connectivity index (χ1v) is 9.73. The zero-order valence-corrected chi connectivity index (χ0v) is 15.9. The normalized spacial score (nSPS) is 16.0. The van der Waals surface area contributed by atoms with Crippen LogP contribution in [0.15, 0.2) is 14.7 Å². The lowest BCUT2D eigenvalue weighted by atomic mass is 10.4. The summed E-state index contributed by atoms with van der Waals surface area (Å²) in [6, 6.07) is 0. The minimum atomic E-state index is -0.340. The van der Waals surface area contributed by atoms with Crippen LogP contribution in [0.5, 0.6) is 0 Å². The van der Waals surface area contributed by atoms with Crippen LogP contribution in [-0.4, -0.2) is 57.3 Å². The molecule has 0 atom stereocenters. The summed E-state index contributed by atoms with van der Waals surface area (Å²) in [4.78, 5) is 30.9. The molecule has 0 aromatic carbocycles. The number of thioether (sulfide) groups is 1. The van der Waals surface area contributed by atoms with Gasteiger partial charge in [-0.15, -0.1) is 0 Å². The Morgan fingerprint density at radius 3 is 2.60 bits per heavy atom. The number of nitrogens with one attached hydrogen (secondary N) is 1. The molecular formula is C16H26N5O3S+. The minimum absolute atomic E-state index is 0.273. The highest BCUT2D eigenvalue weighted by Crippen LogP contribution is 2.21. The van der Waals surface area contributed by atoms with Gasteiger partial charge in [0.05, 0.1) is 25.5 Å². The van der Waals surface area contributed by atoms with Gasteiger partial charge in [0.15, 0.2) is 16.3 Å². The number of nitrogens with zero attached hydrogens (tertiary/aromatic N) is 4. The Labute approximate surface area is 150 Å². The maximum Gasteiger partial charge on any atom is 0.332 e. The summed E-state index contributed by atoms with van der Waals surface area (Å²) in [7, 11) is 3.18. The van der Waals surface area contributed by atoms with Crippen molar-refractivity contribution < 1.29 is 9.64 Å². The fraction of sp³-hybridized carbons (Fsp3) is 0.688. The first-order chi connectivity index (χ1) is 12.0. The number of fused-ring (bicyclic) bond motifs is 1. The van der Waals surface area contributed by atoms with Crippen LogP contribution in [0.1, 0.15) is 13.3 Å². The summed E-state index contributed by atoms with van der Waals surface area (Å²) in [6.45, 7) is 7.57. The SMILES string of the molecule is CCCn1c(SCC[NH+]2CCOCC2)nc2c1c(=O)n(C)c(=O)n2C. The summed E-state index contributed by atoms with van der Waals surface area (Å²) in [5.74, 6) is 0.927. The van der Waals surface area contributed by atoms with Gasteiger partial charge in [-0.25, -0.2) is 9.78 Å². The average molecular weight is 368 g/mol. The highest BCUT2D eigenvalue weighted by atomic mass is 32.2. The molecule has 25 heavy (non-hydrogen) atoms. The Hall–Kier alpha value is -1.58. The van der Waals surface area contributed by atoms with Crippen molar-refractivity contribution in [3.63, 3.8) is 0 Å².